The van der Waals surface area contributed by atoms with Crippen LogP contribution in [0.4, 0.5) is 10.1 Å². The molecule has 0 saturated heterocycles. The third-order valence-electron chi connectivity index (χ3n) is 3.58. The second kappa shape index (κ2) is 8.42. The van der Waals surface area contributed by atoms with Crippen molar-refractivity contribution in [3.63, 3.8) is 0 Å². The Morgan fingerprint density at radius 2 is 1.96 bits per heavy atom. The molecule has 144 valence electrons. The number of nitro benzene ring substituents is 1. The molecule has 0 atom stereocenters. The van der Waals surface area contributed by atoms with Gasteiger partial charge in [0.15, 0.2) is 0 Å². The lowest BCUT2D eigenvalue weighted by atomic mass is 10.1. The van der Waals surface area contributed by atoms with Crippen LogP contribution in [0.15, 0.2) is 41.3 Å². The number of carbonyl (C=O) groups excluding carboxylic acids is 1. The lowest BCUT2D eigenvalue weighted by molar-refractivity contribution is -0.385. The molecule has 2 aromatic rings. The van der Waals surface area contributed by atoms with Gasteiger partial charge in [-0.2, -0.15) is 0 Å². The summed E-state index contributed by atoms with van der Waals surface area (Å²) in [6.07, 6.45) is 0. The highest BCUT2D eigenvalue weighted by molar-refractivity contribution is 7.89. The Kier molecular flexibility index (Phi) is 6.47. The third-order valence-corrected chi connectivity index (χ3v) is 5.28. The largest absolute Gasteiger partial charge is 0.351 e. The molecule has 0 bridgehead atoms. The molecule has 2 rings (SSSR count). The van der Waals surface area contributed by atoms with E-state index >= 15 is 0 Å². The highest BCUT2D eigenvalue weighted by atomic mass is 35.5. The maximum Gasteiger partial charge on any atom is 0.276 e. The lowest BCUT2D eigenvalue weighted by Gasteiger charge is -2.09. The molecule has 0 saturated carbocycles. The Hall–Kier alpha value is -2.56. The van der Waals surface area contributed by atoms with Gasteiger partial charge in [-0.25, -0.2) is 17.5 Å². The minimum atomic E-state index is -3.81. The van der Waals surface area contributed by atoms with Crippen molar-refractivity contribution in [2.24, 2.45) is 0 Å². The summed E-state index contributed by atoms with van der Waals surface area (Å²) in [7, 11) is -3.81. The molecule has 0 radical (unpaired) electrons. The SMILES string of the molecule is Cc1c(F)cc(C(=O)NCCNS(=O)(=O)c2cccc(Cl)c2)cc1[N+](=O)[O-]. The van der Waals surface area contributed by atoms with Gasteiger partial charge in [-0.1, -0.05) is 17.7 Å². The Balaban J connectivity index is 1.98. The van der Waals surface area contributed by atoms with Gasteiger partial charge in [0.2, 0.25) is 10.0 Å². The molecule has 0 spiro atoms. The Labute approximate surface area is 159 Å². The van der Waals surface area contributed by atoms with Gasteiger partial charge in [0.05, 0.1) is 15.4 Å². The maximum absolute atomic E-state index is 13.7. The average Bonchev–Trinajstić information content (AvgIpc) is 2.60. The molecule has 2 aromatic carbocycles. The first-order valence-electron chi connectivity index (χ1n) is 7.60. The molecule has 0 heterocycles. The van der Waals surface area contributed by atoms with E-state index in [9.17, 15) is 27.7 Å². The van der Waals surface area contributed by atoms with Crippen molar-refractivity contribution in [2.75, 3.05) is 13.1 Å². The number of hydrogen-bond acceptors (Lipinski definition) is 5. The van der Waals surface area contributed by atoms with Gasteiger partial charge < -0.3 is 5.32 Å². The first-order valence-corrected chi connectivity index (χ1v) is 9.46. The van der Waals surface area contributed by atoms with Crippen LogP contribution in [0.5, 0.6) is 0 Å². The quantitative estimate of drug-likeness (QED) is 0.409. The van der Waals surface area contributed by atoms with E-state index in [0.717, 1.165) is 12.1 Å². The molecule has 27 heavy (non-hydrogen) atoms. The van der Waals surface area contributed by atoms with Crippen molar-refractivity contribution < 1.29 is 22.5 Å². The van der Waals surface area contributed by atoms with Crippen molar-refractivity contribution in [3.8, 4) is 0 Å². The van der Waals surface area contributed by atoms with Gasteiger partial charge in [0.1, 0.15) is 5.82 Å². The molecule has 8 nitrogen and oxygen atoms in total. The molecule has 11 heteroatoms. The minimum absolute atomic E-state index is 0.0300. The highest BCUT2D eigenvalue weighted by Crippen LogP contribution is 2.22. The van der Waals surface area contributed by atoms with Crippen LogP contribution in [0.25, 0.3) is 0 Å². The van der Waals surface area contributed by atoms with Crippen LogP contribution in [0.2, 0.25) is 5.02 Å². The number of benzene rings is 2. The smallest absolute Gasteiger partial charge is 0.276 e. The van der Waals surface area contributed by atoms with Crippen molar-refractivity contribution in [3.05, 3.63) is 68.5 Å². The van der Waals surface area contributed by atoms with Crippen LogP contribution in [-0.4, -0.2) is 32.3 Å². The number of nitro groups is 1. The number of nitrogens with zero attached hydrogens (tertiary/aromatic N) is 1. The van der Waals surface area contributed by atoms with Gasteiger partial charge in [-0.15, -0.1) is 0 Å². The fourth-order valence-electron chi connectivity index (χ4n) is 2.17. The minimum Gasteiger partial charge on any atom is -0.351 e. The predicted octanol–water partition coefficient (Wildman–Crippen LogP) is 2.40. The topological polar surface area (TPSA) is 118 Å². The van der Waals surface area contributed by atoms with E-state index in [4.69, 9.17) is 11.6 Å². The zero-order valence-electron chi connectivity index (χ0n) is 14.0. The summed E-state index contributed by atoms with van der Waals surface area (Å²) in [5.74, 6) is -1.64. The van der Waals surface area contributed by atoms with Crippen LogP contribution in [0, 0.1) is 22.9 Å². The predicted molar refractivity (Wildman–Crippen MR) is 96.8 cm³/mol. The van der Waals surface area contributed by atoms with Crippen molar-refractivity contribution in [2.45, 2.75) is 11.8 Å². The number of hydrogen-bond donors (Lipinski definition) is 2. The summed E-state index contributed by atoms with van der Waals surface area (Å²) >= 11 is 5.75. The average molecular weight is 416 g/mol. The van der Waals surface area contributed by atoms with Gasteiger partial charge in [-0.3, -0.25) is 14.9 Å². The second-order valence-electron chi connectivity index (χ2n) is 5.47. The van der Waals surface area contributed by atoms with E-state index in [-0.39, 0.29) is 34.1 Å². The molecule has 0 unspecified atom stereocenters. The van der Waals surface area contributed by atoms with E-state index < -0.39 is 32.4 Å². The third kappa shape index (κ3) is 5.22. The normalized spacial score (nSPS) is 11.2. The van der Waals surface area contributed by atoms with Gasteiger partial charge in [0, 0.05) is 29.7 Å². The number of halogens is 2. The molecule has 0 aliphatic heterocycles. The first kappa shape index (κ1) is 20.7. The van der Waals surface area contributed by atoms with Crippen molar-refractivity contribution in [1.29, 1.82) is 0 Å². The molecule has 1 amide bonds. The Morgan fingerprint density at radius 1 is 1.26 bits per heavy atom. The van der Waals surface area contributed by atoms with E-state index in [2.05, 4.69) is 10.0 Å². The fourth-order valence-corrected chi connectivity index (χ4v) is 3.50. The summed E-state index contributed by atoms with van der Waals surface area (Å²) in [5, 5.41) is 13.5. The highest BCUT2D eigenvalue weighted by Gasteiger charge is 2.19. The zero-order chi connectivity index (χ0) is 20.2. The zero-order valence-corrected chi connectivity index (χ0v) is 15.6. The van der Waals surface area contributed by atoms with Crippen LogP contribution in [0.3, 0.4) is 0 Å². The number of rotatable bonds is 7. The second-order valence-corrected chi connectivity index (χ2v) is 7.67. The number of nitrogens with one attached hydrogen (secondary N) is 2. The molecule has 0 aliphatic carbocycles. The van der Waals surface area contributed by atoms with Crippen LogP contribution in [0.1, 0.15) is 15.9 Å². The monoisotopic (exact) mass is 415 g/mol. The Bertz CT molecular complexity index is 998. The van der Waals surface area contributed by atoms with Gasteiger partial charge in [-0.05, 0) is 31.2 Å². The molecule has 0 fully saturated rings. The molecule has 0 aromatic heterocycles. The maximum atomic E-state index is 13.7. The van der Waals surface area contributed by atoms with Crippen LogP contribution < -0.4 is 10.0 Å². The standard InChI is InChI=1S/C16H15ClFN3O5S/c1-10-14(18)7-11(8-15(10)21(23)24)16(22)19-5-6-20-27(25,26)13-4-2-3-12(17)9-13/h2-4,7-9,20H,5-6H2,1H3,(H,19,22). The number of sulfonamides is 1. The van der Waals surface area contributed by atoms with E-state index in [1.807, 2.05) is 0 Å². The molecule has 0 aliphatic rings. The summed E-state index contributed by atoms with van der Waals surface area (Å²) in [5.41, 5.74) is -0.921. The van der Waals surface area contributed by atoms with E-state index in [1.165, 1.54) is 31.2 Å². The number of carbonyl (C=O) groups is 1. The molecular weight excluding hydrogens is 401 g/mol. The van der Waals surface area contributed by atoms with Crippen molar-refractivity contribution >= 4 is 33.2 Å². The van der Waals surface area contributed by atoms with E-state index in [1.54, 1.807) is 0 Å². The van der Waals surface area contributed by atoms with Crippen LogP contribution >= 0.6 is 11.6 Å². The van der Waals surface area contributed by atoms with Crippen molar-refractivity contribution in [1.82, 2.24) is 10.0 Å². The molecule has 2 N–H and O–H groups in total. The Morgan fingerprint density at radius 3 is 2.59 bits per heavy atom. The van der Waals surface area contributed by atoms with Gasteiger partial charge in [0.25, 0.3) is 11.6 Å². The summed E-state index contributed by atoms with van der Waals surface area (Å²) in [6, 6.07) is 7.49. The number of amides is 1. The van der Waals surface area contributed by atoms with Crippen LogP contribution in [-0.2, 0) is 10.0 Å². The summed E-state index contributed by atoms with van der Waals surface area (Å²) in [6.45, 7) is 0.985. The fraction of sp³-hybridized carbons (Fsp3) is 0.188. The summed E-state index contributed by atoms with van der Waals surface area (Å²) < 4.78 is 40.2. The summed E-state index contributed by atoms with van der Waals surface area (Å²) in [4.78, 5) is 22.1. The lowest BCUT2D eigenvalue weighted by Crippen LogP contribution is -2.34. The van der Waals surface area contributed by atoms with Gasteiger partial charge >= 0.3 is 0 Å². The van der Waals surface area contributed by atoms with E-state index in [0.29, 0.717) is 0 Å². The molecular formula is C16H15ClFN3O5S. The first-order chi connectivity index (χ1) is 12.6.